The summed E-state index contributed by atoms with van der Waals surface area (Å²) in [6.07, 6.45) is 5.91. The Balaban J connectivity index is 1.52. The van der Waals surface area contributed by atoms with E-state index in [-0.39, 0.29) is 18.6 Å². The number of amides is 1. The van der Waals surface area contributed by atoms with E-state index in [9.17, 15) is 4.79 Å². The second kappa shape index (κ2) is 8.95. The lowest BCUT2D eigenvalue weighted by molar-refractivity contribution is -0.138. The molecule has 3 rings (SSSR count). The lowest BCUT2D eigenvalue weighted by Crippen LogP contribution is -2.40. The number of likely N-dealkylation sites (tertiary alicyclic amines) is 2. The van der Waals surface area contributed by atoms with Crippen molar-refractivity contribution < 1.29 is 9.53 Å². The molecule has 2 aliphatic heterocycles. The molecule has 0 atom stereocenters. The molecule has 1 aromatic rings. The Morgan fingerprint density at radius 1 is 1.12 bits per heavy atom. The topological polar surface area (TPSA) is 63.5 Å². The maximum atomic E-state index is 12.2. The van der Waals surface area contributed by atoms with Crippen LogP contribution in [0.1, 0.15) is 63.5 Å². The predicted octanol–water partition coefficient (Wildman–Crippen LogP) is 1.93. The van der Waals surface area contributed by atoms with Crippen LogP contribution in [0.2, 0.25) is 0 Å². The average Bonchev–Trinajstić information content (AvgIpc) is 3.01. The van der Waals surface area contributed by atoms with Crippen LogP contribution in [0.25, 0.3) is 0 Å². The van der Waals surface area contributed by atoms with E-state index in [1.807, 2.05) is 18.7 Å². The first-order valence-electron chi connectivity index (χ1n) is 10.0. The molecule has 0 unspecified atom stereocenters. The first-order valence-corrected chi connectivity index (χ1v) is 10.0. The Morgan fingerprint density at radius 2 is 1.81 bits per heavy atom. The monoisotopic (exact) mass is 363 g/mol. The fraction of sp³-hybridized carbons (Fsp3) is 0.842. The van der Waals surface area contributed by atoms with Crippen LogP contribution < -0.4 is 0 Å². The Kier molecular flexibility index (Phi) is 6.64. The van der Waals surface area contributed by atoms with Crippen LogP contribution in [0.4, 0.5) is 0 Å². The van der Waals surface area contributed by atoms with Gasteiger partial charge in [-0.25, -0.2) is 0 Å². The van der Waals surface area contributed by atoms with E-state index in [2.05, 4.69) is 26.7 Å². The summed E-state index contributed by atoms with van der Waals surface area (Å²) >= 11 is 0. The van der Waals surface area contributed by atoms with Gasteiger partial charge in [-0.2, -0.15) is 0 Å². The largest absolute Gasteiger partial charge is 0.369 e. The molecule has 2 fully saturated rings. The van der Waals surface area contributed by atoms with Gasteiger partial charge in [0.15, 0.2) is 0 Å². The highest BCUT2D eigenvalue weighted by Crippen LogP contribution is 2.27. The average molecular weight is 364 g/mol. The third-order valence-corrected chi connectivity index (χ3v) is 5.57. The third kappa shape index (κ3) is 4.82. The van der Waals surface area contributed by atoms with Gasteiger partial charge < -0.3 is 14.2 Å². The van der Waals surface area contributed by atoms with Crippen molar-refractivity contribution in [1.82, 2.24) is 24.6 Å². The van der Waals surface area contributed by atoms with Crippen LogP contribution in [0.15, 0.2) is 0 Å². The summed E-state index contributed by atoms with van der Waals surface area (Å²) in [5, 5.41) is 8.95. The van der Waals surface area contributed by atoms with Crippen molar-refractivity contribution >= 4 is 5.91 Å². The normalized spacial score (nSPS) is 20.1. The van der Waals surface area contributed by atoms with Gasteiger partial charge in [-0.05, 0) is 52.6 Å². The molecular formula is C19H33N5O2. The molecule has 0 N–H and O–H groups in total. The van der Waals surface area contributed by atoms with Gasteiger partial charge in [0.2, 0.25) is 5.91 Å². The zero-order chi connectivity index (χ0) is 18.5. The van der Waals surface area contributed by atoms with Crippen molar-refractivity contribution in [2.45, 2.75) is 64.5 Å². The lowest BCUT2D eigenvalue weighted by Gasteiger charge is -2.31. The molecule has 146 valence electrons. The van der Waals surface area contributed by atoms with E-state index >= 15 is 0 Å². The van der Waals surface area contributed by atoms with E-state index in [4.69, 9.17) is 4.74 Å². The standard InChI is InChI=1S/C19H33N5O2/c1-15(2)26-14-18(25)24-11-7-16(8-12-24)19-21-20-17(22(19)3)13-23-9-5-4-6-10-23/h15-16H,4-14H2,1-3H3. The molecule has 26 heavy (non-hydrogen) atoms. The highest BCUT2D eigenvalue weighted by molar-refractivity contribution is 5.77. The molecule has 0 radical (unpaired) electrons. The van der Waals surface area contributed by atoms with Gasteiger partial charge in [-0.1, -0.05) is 6.42 Å². The molecular weight excluding hydrogens is 330 g/mol. The Hall–Kier alpha value is -1.47. The molecule has 7 heteroatoms. The number of carbonyl (C=O) groups excluding carboxylic acids is 1. The van der Waals surface area contributed by atoms with Gasteiger partial charge in [-0.3, -0.25) is 9.69 Å². The highest BCUT2D eigenvalue weighted by Gasteiger charge is 2.27. The van der Waals surface area contributed by atoms with Crippen molar-refractivity contribution in [2.24, 2.45) is 7.05 Å². The second-order valence-electron chi connectivity index (χ2n) is 7.89. The zero-order valence-corrected chi connectivity index (χ0v) is 16.5. The van der Waals surface area contributed by atoms with Gasteiger partial charge >= 0.3 is 0 Å². The molecule has 0 spiro atoms. The van der Waals surface area contributed by atoms with E-state index in [0.717, 1.165) is 44.1 Å². The van der Waals surface area contributed by atoms with Crippen LogP contribution in [-0.4, -0.2) is 69.4 Å². The first kappa shape index (κ1) is 19.3. The van der Waals surface area contributed by atoms with Crippen molar-refractivity contribution in [3.8, 4) is 0 Å². The summed E-state index contributed by atoms with van der Waals surface area (Å²) in [7, 11) is 2.09. The Bertz CT molecular complexity index is 587. The minimum Gasteiger partial charge on any atom is -0.369 e. The lowest BCUT2D eigenvalue weighted by atomic mass is 9.96. The Morgan fingerprint density at radius 3 is 2.46 bits per heavy atom. The molecule has 2 saturated heterocycles. The summed E-state index contributed by atoms with van der Waals surface area (Å²) in [6, 6.07) is 0. The number of piperidine rings is 2. The first-order chi connectivity index (χ1) is 12.5. The van der Waals surface area contributed by atoms with E-state index in [0.29, 0.717) is 5.92 Å². The summed E-state index contributed by atoms with van der Waals surface area (Å²) in [6.45, 7) is 8.88. The van der Waals surface area contributed by atoms with Crippen molar-refractivity contribution in [3.63, 3.8) is 0 Å². The summed E-state index contributed by atoms with van der Waals surface area (Å²) < 4.78 is 7.62. The molecule has 7 nitrogen and oxygen atoms in total. The number of nitrogens with zero attached hydrogens (tertiary/aromatic N) is 5. The maximum Gasteiger partial charge on any atom is 0.248 e. The van der Waals surface area contributed by atoms with Gasteiger partial charge in [0.05, 0.1) is 12.6 Å². The van der Waals surface area contributed by atoms with Gasteiger partial charge in [-0.15, -0.1) is 10.2 Å². The smallest absolute Gasteiger partial charge is 0.248 e. The minimum atomic E-state index is 0.0912. The zero-order valence-electron chi connectivity index (χ0n) is 16.5. The van der Waals surface area contributed by atoms with Crippen LogP contribution in [0, 0.1) is 0 Å². The fourth-order valence-electron chi connectivity index (χ4n) is 3.90. The number of aromatic nitrogens is 3. The van der Waals surface area contributed by atoms with Crippen molar-refractivity contribution in [3.05, 3.63) is 11.6 Å². The molecule has 0 aromatic carbocycles. The third-order valence-electron chi connectivity index (χ3n) is 5.57. The summed E-state index contributed by atoms with van der Waals surface area (Å²) in [5.41, 5.74) is 0. The summed E-state index contributed by atoms with van der Waals surface area (Å²) in [4.78, 5) is 16.6. The second-order valence-corrected chi connectivity index (χ2v) is 7.89. The van der Waals surface area contributed by atoms with Gasteiger partial charge in [0.25, 0.3) is 0 Å². The Labute approximate surface area is 156 Å². The van der Waals surface area contributed by atoms with E-state index < -0.39 is 0 Å². The van der Waals surface area contributed by atoms with Crippen molar-refractivity contribution in [2.75, 3.05) is 32.8 Å². The van der Waals surface area contributed by atoms with E-state index in [1.165, 1.54) is 32.4 Å². The molecule has 1 aromatic heterocycles. The number of carbonyl (C=O) groups is 1. The summed E-state index contributed by atoms with van der Waals surface area (Å²) in [5.74, 6) is 2.62. The molecule has 0 bridgehead atoms. The number of ether oxygens (including phenoxy) is 1. The molecule has 3 heterocycles. The highest BCUT2D eigenvalue weighted by atomic mass is 16.5. The van der Waals surface area contributed by atoms with Crippen LogP contribution >= 0.6 is 0 Å². The number of hydrogen-bond acceptors (Lipinski definition) is 5. The van der Waals surface area contributed by atoms with Gasteiger partial charge in [0.1, 0.15) is 18.3 Å². The quantitative estimate of drug-likeness (QED) is 0.773. The molecule has 2 aliphatic rings. The molecule has 0 aliphatic carbocycles. The predicted molar refractivity (Wildman–Crippen MR) is 99.8 cm³/mol. The fourth-order valence-corrected chi connectivity index (χ4v) is 3.90. The maximum absolute atomic E-state index is 12.2. The van der Waals surface area contributed by atoms with Crippen LogP contribution in [-0.2, 0) is 23.1 Å². The van der Waals surface area contributed by atoms with Crippen LogP contribution in [0.3, 0.4) is 0 Å². The number of rotatable bonds is 6. The van der Waals surface area contributed by atoms with E-state index in [1.54, 1.807) is 0 Å². The molecule has 1 amide bonds. The SMILES string of the molecule is CC(C)OCC(=O)N1CCC(c2nnc(CN3CCCCC3)n2C)CC1. The van der Waals surface area contributed by atoms with Gasteiger partial charge in [0, 0.05) is 26.1 Å². The van der Waals surface area contributed by atoms with Crippen LogP contribution in [0.5, 0.6) is 0 Å². The number of hydrogen-bond donors (Lipinski definition) is 0. The minimum absolute atomic E-state index is 0.0912. The van der Waals surface area contributed by atoms with Crippen molar-refractivity contribution in [1.29, 1.82) is 0 Å². The molecule has 0 saturated carbocycles.